The Hall–Kier alpha value is -5.80. The summed E-state index contributed by atoms with van der Waals surface area (Å²) in [5, 5.41) is 5.29. The molecule has 0 radical (unpaired) electrons. The van der Waals surface area contributed by atoms with Crippen molar-refractivity contribution in [3.63, 3.8) is 0 Å². The fourth-order valence-corrected chi connectivity index (χ4v) is 10.8. The van der Waals surface area contributed by atoms with Crippen LogP contribution >= 0.6 is 22.7 Å². The second-order valence-electron chi connectivity index (χ2n) is 13.1. The molecule has 2 heteroatoms. The molecule has 0 aliphatic heterocycles. The van der Waals surface area contributed by atoms with E-state index in [2.05, 4.69) is 170 Å². The molecule has 1 aliphatic rings. The highest BCUT2D eigenvalue weighted by Crippen LogP contribution is 2.54. The summed E-state index contributed by atoms with van der Waals surface area (Å²) in [6.45, 7) is 0. The first-order valence-electron chi connectivity index (χ1n) is 17.1. The van der Waals surface area contributed by atoms with Gasteiger partial charge in [-0.2, -0.15) is 0 Å². The summed E-state index contributed by atoms with van der Waals surface area (Å²) < 4.78 is 5.32. The highest BCUT2D eigenvalue weighted by molar-refractivity contribution is 7.26. The molecule has 0 unspecified atom stereocenters. The van der Waals surface area contributed by atoms with Crippen molar-refractivity contribution < 1.29 is 0 Å². The fraction of sp³-hybridized carbons (Fsp3) is 0. The number of benzene rings is 8. The molecule has 0 fully saturated rings. The lowest BCUT2D eigenvalue weighted by Crippen LogP contribution is -1.99. The van der Waals surface area contributed by atoms with E-state index >= 15 is 0 Å². The zero-order chi connectivity index (χ0) is 32.8. The van der Waals surface area contributed by atoms with Crippen LogP contribution in [0.15, 0.2) is 170 Å². The molecule has 0 bridgehead atoms. The van der Waals surface area contributed by atoms with Gasteiger partial charge in [0.15, 0.2) is 0 Å². The molecule has 0 N–H and O–H groups in total. The van der Waals surface area contributed by atoms with Crippen molar-refractivity contribution in [3.05, 3.63) is 170 Å². The monoisotopic (exact) mass is 668 g/mol. The lowest BCUT2D eigenvalue weighted by atomic mass is 9.77. The number of rotatable bonds is 2. The van der Waals surface area contributed by atoms with Crippen molar-refractivity contribution in [1.29, 1.82) is 0 Å². The van der Waals surface area contributed by atoms with Gasteiger partial charge in [-0.1, -0.05) is 146 Å². The van der Waals surface area contributed by atoms with Crippen LogP contribution in [0.5, 0.6) is 0 Å². The third kappa shape index (κ3) is 4.04. The van der Waals surface area contributed by atoms with Crippen molar-refractivity contribution in [2.24, 2.45) is 0 Å². The summed E-state index contributed by atoms with van der Waals surface area (Å²) in [5.41, 5.74) is 15.2. The van der Waals surface area contributed by atoms with E-state index in [1.54, 1.807) is 0 Å². The zero-order valence-corrected chi connectivity index (χ0v) is 28.6. The SMILES string of the molecule is c1ccc2c(c1)-c1ccccc1-c1cc(-c3cccc4c3sc3ccccc34)cc(-c3cccc4c3sc3ccccc34)c1-c1ccccc1-2. The minimum atomic E-state index is 1.25. The van der Waals surface area contributed by atoms with Crippen LogP contribution in [-0.4, -0.2) is 0 Å². The second-order valence-corrected chi connectivity index (χ2v) is 15.2. The lowest BCUT2D eigenvalue weighted by molar-refractivity contribution is 1.52. The third-order valence-electron chi connectivity index (χ3n) is 10.5. The van der Waals surface area contributed by atoms with Gasteiger partial charge in [0, 0.05) is 45.9 Å². The van der Waals surface area contributed by atoms with Crippen LogP contribution in [0.4, 0.5) is 0 Å². The Balaban J connectivity index is 1.33. The Bertz CT molecular complexity index is 2990. The predicted octanol–water partition coefficient (Wildman–Crippen LogP) is 14.7. The molecular formula is C48H28S2. The zero-order valence-electron chi connectivity index (χ0n) is 27.0. The fourth-order valence-electron chi connectivity index (χ4n) is 8.29. The highest BCUT2D eigenvalue weighted by atomic mass is 32.1. The molecule has 0 amide bonds. The summed E-state index contributed by atoms with van der Waals surface area (Å²) in [6, 6.07) is 63.3. The van der Waals surface area contributed by atoms with Crippen LogP contribution in [0, 0.1) is 0 Å². The van der Waals surface area contributed by atoms with Crippen molar-refractivity contribution in [2.45, 2.75) is 0 Å². The van der Waals surface area contributed by atoms with E-state index in [9.17, 15) is 0 Å². The average molecular weight is 669 g/mol. The molecule has 0 saturated carbocycles. The number of thiophene rings is 2. The molecule has 0 nitrogen and oxygen atoms in total. The quantitative estimate of drug-likeness (QED) is 0.172. The Kier molecular flexibility index (Phi) is 6.09. The summed E-state index contributed by atoms with van der Waals surface area (Å²) in [7, 11) is 0. The summed E-state index contributed by atoms with van der Waals surface area (Å²) in [6.07, 6.45) is 0. The van der Waals surface area contributed by atoms with E-state index < -0.39 is 0 Å². The van der Waals surface area contributed by atoms with Gasteiger partial charge in [0.2, 0.25) is 0 Å². The maximum atomic E-state index is 2.49. The molecule has 50 heavy (non-hydrogen) atoms. The van der Waals surface area contributed by atoms with Gasteiger partial charge in [-0.15, -0.1) is 22.7 Å². The van der Waals surface area contributed by atoms with Gasteiger partial charge < -0.3 is 0 Å². The molecule has 2 heterocycles. The minimum Gasteiger partial charge on any atom is -0.135 e. The van der Waals surface area contributed by atoms with Crippen LogP contribution in [0.1, 0.15) is 0 Å². The average Bonchev–Trinajstić information content (AvgIpc) is 3.76. The largest absolute Gasteiger partial charge is 0.135 e. The smallest absolute Gasteiger partial charge is 0.0434 e. The molecule has 8 aromatic carbocycles. The summed E-state index contributed by atoms with van der Waals surface area (Å²) in [5.74, 6) is 0. The van der Waals surface area contributed by atoms with E-state index in [-0.39, 0.29) is 0 Å². The van der Waals surface area contributed by atoms with Crippen LogP contribution in [0.3, 0.4) is 0 Å². The van der Waals surface area contributed by atoms with Gasteiger partial charge in [-0.05, 0) is 85.5 Å². The van der Waals surface area contributed by atoms with Crippen molar-refractivity contribution in [3.8, 4) is 66.8 Å². The van der Waals surface area contributed by atoms with Crippen LogP contribution in [0.25, 0.3) is 107 Å². The van der Waals surface area contributed by atoms with E-state index in [4.69, 9.17) is 0 Å². The van der Waals surface area contributed by atoms with Gasteiger partial charge in [0.05, 0.1) is 0 Å². The Morgan fingerprint density at radius 2 is 0.620 bits per heavy atom. The van der Waals surface area contributed by atoms with Gasteiger partial charge >= 0.3 is 0 Å². The molecule has 2 aromatic heterocycles. The lowest BCUT2D eigenvalue weighted by Gasteiger charge is -2.26. The molecule has 11 rings (SSSR count). The molecule has 0 spiro atoms. The number of hydrogen-bond donors (Lipinski definition) is 0. The molecular weight excluding hydrogens is 641 g/mol. The van der Waals surface area contributed by atoms with E-state index in [0.717, 1.165) is 0 Å². The second kappa shape index (κ2) is 10.9. The number of hydrogen-bond acceptors (Lipinski definition) is 2. The molecule has 0 atom stereocenters. The highest BCUT2D eigenvalue weighted by Gasteiger charge is 2.26. The third-order valence-corrected chi connectivity index (χ3v) is 12.9. The predicted molar refractivity (Wildman–Crippen MR) is 218 cm³/mol. The summed E-state index contributed by atoms with van der Waals surface area (Å²) >= 11 is 3.81. The van der Waals surface area contributed by atoms with Gasteiger partial charge in [-0.3, -0.25) is 0 Å². The van der Waals surface area contributed by atoms with E-state index in [1.807, 2.05) is 22.7 Å². The van der Waals surface area contributed by atoms with E-state index in [0.29, 0.717) is 0 Å². The van der Waals surface area contributed by atoms with Crippen LogP contribution in [0.2, 0.25) is 0 Å². The topological polar surface area (TPSA) is 0 Å². The van der Waals surface area contributed by atoms with Gasteiger partial charge in [0.25, 0.3) is 0 Å². The van der Waals surface area contributed by atoms with Crippen LogP contribution < -0.4 is 0 Å². The first-order chi connectivity index (χ1) is 24.8. The van der Waals surface area contributed by atoms with Crippen molar-refractivity contribution in [1.82, 2.24) is 0 Å². The molecule has 232 valence electrons. The Morgan fingerprint density at radius 3 is 1.18 bits per heavy atom. The van der Waals surface area contributed by atoms with E-state index in [1.165, 1.54) is 107 Å². The molecule has 10 aromatic rings. The normalized spacial score (nSPS) is 12.0. The van der Waals surface area contributed by atoms with Crippen molar-refractivity contribution >= 4 is 63.0 Å². The van der Waals surface area contributed by atoms with Gasteiger partial charge in [-0.25, -0.2) is 0 Å². The molecule has 0 saturated heterocycles. The van der Waals surface area contributed by atoms with Crippen LogP contribution in [-0.2, 0) is 0 Å². The summed E-state index contributed by atoms with van der Waals surface area (Å²) in [4.78, 5) is 0. The first kappa shape index (κ1) is 28.1. The Labute approximate surface area is 298 Å². The maximum Gasteiger partial charge on any atom is 0.0434 e. The minimum absolute atomic E-state index is 1.25. The first-order valence-corrected chi connectivity index (χ1v) is 18.7. The standard InChI is InChI=1S/C48H28S2/c1-2-14-32-31(13-1)33-15-3-4-17-35(33)42-27-29(30-21-11-22-39-36-18-7-9-25-44(36)49-47(30)39)28-43(46(42)38-20-6-5-16-34(32)38)41-24-12-23-40-37-19-8-10-26-45(37)50-48(40)41/h1-28H. The maximum absolute atomic E-state index is 2.49. The van der Waals surface area contributed by atoms with Gasteiger partial charge in [0.1, 0.15) is 0 Å². The number of fused-ring (bicyclic) bond motifs is 14. The molecule has 1 aliphatic carbocycles. The Morgan fingerprint density at radius 1 is 0.260 bits per heavy atom. The van der Waals surface area contributed by atoms with Crippen molar-refractivity contribution in [2.75, 3.05) is 0 Å².